The molecule has 0 unspecified atom stereocenters. The second-order valence-electron chi connectivity index (χ2n) is 4.73. The van der Waals surface area contributed by atoms with E-state index >= 15 is 0 Å². The van der Waals surface area contributed by atoms with Crippen molar-refractivity contribution in [3.8, 4) is 5.75 Å². The van der Waals surface area contributed by atoms with Crippen LogP contribution >= 0.6 is 11.6 Å². The number of aryl methyl sites for hydroxylation is 1. The number of ether oxygens (including phenoxy) is 1. The minimum Gasteiger partial charge on any atom is -0.489 e. The predicted molar refractivity (Wildman–Crippen MR) is 77.6 cm³/mol. The summed E-state index contributed by atoms with van der Waals surface area (Å²) in [6, 6.07) is 9.75. The van der Waals surface area contributed by atoms with Crippen LogP contribution in [0.5, 0.6) is 5.75 Å². The van der Waals surface area contributed by atoms with Crippen LogP contribution in [-0.2, 0) is 6.61 Å². The van der Waals surface area contributed by atoms with Gasteiger partial charge in [-0.25, -0.2) is 4.39 Å². The molecule has 0 aliphatic carbocycles. The van der Waals surface area contributed by atoms with Gasteiger partial charge in [0.1, 0.15) is 18.2 Å². The molecule has 2 nitrogen and oxygen atoms in total. The first kappa shape index (κ1) is 14.8. The topological polar surface area (TPSA) is 29.5 Å². The number of hydrogen-bond acceptors (Lipinski definition) is 2. The summed E-state index contributed by atoms with van der Waals surface area (Å²) in [5, 5.41) is 9.87. The fourth-order valence-corrected chi connectivity index (χ4v) is 2.11. The number of halogens is 2. The normalized spacial score (nSPS) is 12.2. The highest BCUT2D eigenvalue weighted by Gasteiger charge is 2.07. The van der Waals surface area contributed by atoms with E-state index in [2.05, 4.69) is 0 Å². The summed E-state index contributed by atoms with van der Waals surface area (Å²) in [6.45, 7) is 3.90. The van der Waals surface area contributed by atoms with Gasteiger partial charge in [-0.15, -0.1) is 0 Å². The lowest BCUT2D eigenvalue weighted by atomic mass is 10.1. The van der Waals surface area contributed by atoms with Gasteiger partial charge >= 0.3 is 0 Å². The molecule has 0 fully saturated rings. The van der Waals surface area contributed by atoms with E-state index in [4.69, 9.17) is 16.3 Å². The summed E-state index contributed by atoms with van der Waals surface area (Å²) in [5.41, 5.74) is 2.50. The number of benzene rings is 2. The largest absolute Gasteiger partial charge is 0.489 e. The minimum absolute atomic E-state index is 0.272. The minimum atomic E-state index is -0.505. The SMILES string of the molecule is Cc1cc([C@H](C)O)ccc1OCc1ccc(F)cc1Cl. The maximum atomic E-state index is 12.9. The lowest BCUT2D eigenvalue weighted by Gasteiger charge is -2.12. The van der Waals surface area contributed by atoms with Crippen molar-refractivity contribution < 1.29 is 14.2 Å². The van der Waals surface area contributed by atoms with E-state index in [1.165, 1.54) is 12.1 Å². The zero-order valence-electron chi connectivity index (χ0n) is 11.4. The first-order chi connectivity index (χ1) is 9.47. The van der Waals surface area contributed by atoms with Crippen LogP contribution in [0.3, 0.4) is 0 Å². The molecule has 0 radical (unpaired) electrons. The van der Waals surface area contributed by atoms with Crippen molar-refractivity contribution in [1.29, 1.82) is 0 Å². The van der Waals surface area contributed by atoms with E-state index in [-0.39, 0.29) is 12.4 Å². The van der Waals surface area contributed by atoms with Gasteiger partial charge in [0.15, 0.2) is 0 Å². The van der Waals surface area contributed by atoms with Gasteiger partial charge in [-0.1, -0.05) is 23.7 Å². The Hall–Kier alpha value is -1.58. The summed E-state index contributed by atoms with van der Waals surface area (Å²) in [5.74, 6) is 0.353. The van der Waals surface area contributed by atoms with E-state index in [1.54, 1.807) is 13.0 Å². The Morgan fingerprint density at radius 3 is 2.60 bits per heavy atom. The van der Waals surface area contributed by atoms with Gasteiger partial charge in [-0.05, 0) is 49.2 Å². The van der Waals surface area contributed by atoms with Gasteiger partial charge in [-0.3, -0.25) is 0 Å². The highest BCUT2D eigenvalue weighted by atomic mass is 35.5. The molecule has 0 amide bonds. The van der Waals surface area contributed by atoms with Crippen LogP contribution in [0.25, 0.3) is 0 Å². The fourth-order valence-electron chi connectivity index (χ4n) is 1.89. The molecule has 0 aliphatic rings. The Balaban J connectivity index is 2.11. The first-order valence-corrected chi connectivity index (χ1v) is 6.70. The zero-order valence-corrected chi connectivity index (χ0v) is 12.1. The molecule has 2 rings (SSSR count). The second-order valence-corrected chi connectivity index (χ2v) is 5.13. The monoisotopic (exact) mass is 294 g/mol. The second kappa shape index (κ2) is 6.25. The third-order valence-electron chi connectivity index (χ3n) is 3.08. The summed E-state index contributed by atoms with van der Waals surface area (Å²) >= 11 is 5.95. The number of hydrogen-bond donors (Lipinski definition) is 1. The standard InChI is InChI=1S/C16H16ClFO2/c1-10-7-12(11(2)19)4-6-16(10)20-9-13-3-5-14(18)8-15(13)17/h3-8,11,19H,9H2,1-2H3/t11-/m0/s1. The fraction of sp³-hybridized carbons (Fsp3) is 0.250. The molecule has 0 saturated carbocycles. The van der Waals surface area contributed by atoms with E-state index in [9.17, 15) is 9.50 Å². The molecule has 0 aromatic heterocycles. The Morgan fingerprint density at radius 2 is 2.00 bits per heavy atom. The maximum Gasteiger partial charge on any atom is 0.124 e. The van der Waals surface area contributed by atoms with Crippen molar-refractivity contribution in [3.05, 3.63) is 63.9 Å². The molecule has 2 aromatic carbocycles. The number of aliphatic hydroxyl groups is 1. The van der Waals surface area contributed by atoms with E-state index in [0.29, 0.717) is 5.02 Å². The van der Waals surface area contributed by atoms with E-state index in [0.717, 1.165) is 22.4 Å². The molecule has 106 valence electrons. The molecule has 0 spiro atoms. The molecule has 20 heavy (non-hydrogen) atoms. The van der Waals surface area contributed by atoms with Crippen LogP contribution in [-0.4, -0.2) is 5.11 Å². The van der Waals surface area contributed by atoms with Crippen molar-refractivity contribution >= 4 is 11.6 Å². The van der Waals surface area contributed by atoms with Crippen molar-refractivity contribution in [2.75, 3.05) is 0 Å². The van der Waals surface area contributed by atoms with Gasteiger partial charge in [0, 0.05) is 5.56 Å². The Morgan fingerprint density at radius 1 is 1.25 bits per heavy atom. The smallest absolute Gasteiger partial charge is 0.124 e. The van der Waals surface area contributed by atoms with Crippen LogP contribution in [0.1, 0.15) is 29.7 Å². The van der Waals surface area contributed by atoms with Gasteiger partial charge in [0.25, 0.3) is 0 Å². The van der Waals surface area contributed by atoms with E-state index in [1.807, 2.05) is 25.1 Å². The Bertz CT molecular complexity index is 611. The Labute approximate surface area is 122 Å². The van der Waals surface area contributed by atoms with Gasteiger partial charge in [0.05, 0.1) is 11.1 Å². The van der Waals surface area contributed by atoms with Crippen molar-refractivity contribution in [1.82, 2.24) is 0 Å². The van der Waals surface area contributed by atoms with Crippen LogP contribution in [0.4, 0.5) is 4.39 Å². The molecule has 0 heterocycles. The van der Waals surface area contributed by atoms with Crippen molar-refractivity contribution in [2.45, 2.75) is 26.6 Å². The maximum absolute atomic E-state index is 12.9. The highest BCUT2D eigenvalue weighted by Crippen LogP contribution is 2.25. The number of aliphatic hydroxyl groups excluding tert-OH is 1. The molecule has 2 aromatic rings. The molecule has 4 heteroatoms. The van der Waals surface area contributed by atoms with Crippen LogP contribution in [0.15, 0.2) is 36.4 Å². The van der Waals surface area contributed by atoms with Crippen LogP contribution in [0.2, 0.25) is 5.02 Å². The third kappa shape index (κ3) is 3.50. The molecule has 1 N–H and O–H groups in total. The quantitative estimate of drug-likeness (QED) is 0.904. The van der Waals surface area contributed by atoms with Gasteiger partial charge < -0.3 is 9.84 Å². The van der Waals surface area contributed by atoms with Crippen molar-refractivity contribution in [2.24, 2.45) is 0 Å². The lowest BCUT2D eigenvalue weighted by molar-refractivity contribution is 0.199. The third-order valence-corrected chi connectivity index (χ3v) is 3.43. The highest BCUT2D eigenvalue weighted by molar-refractivity contribution is 6.31. The summed E-state index contributed by atoms with van der Waals surface area (Å²) < 4.78 is 18.6. The van der Waals surface area contributed by atoms with Gasteiger partial charge in [-0.2, -0.15) is 0 Å². The molecule has 0 bridgehead atoms. The first-order valence-electron chi connectivity index (χ1n) is 6.32. The summed E-state index contributed by atoms with van der Waals surface area (Å²) in [4.78, 5) is 0. The summed E-state index contributed by atoms with van der Waals surface area (Å²) in [7, 11) is 0. The molecular weight excluding hydrogens is 279 g/mol. The van der Waals surface area contributed by atoms with E-state index < -0.39 is 6.10 Å². The van der Waals surface area contributed by atoms with Gasteiger partial charge in [0.2, 0.25) is 0 Å². The number of rotatable bonds is 4. The van der Waals surface area contributed by atoms with Crippen LogP contribution < -0.4 is 4.74 Å². The average molecular weight is 295 g/mol. The average Bonchev–Trinajstić information content (AvgIpc) is 2.38. The lowest BCUT2D eigenvalue weighted by Crippen LogP contribution is -1.99. The molecule has 0 saturated heterocycles. The van der Waals surface area contributed by atoms with Crippen LogP contribution in [0, 0.1) is 12.7 Å². The zero-order chi connectivity index (χ0) is 14.7. The van der Waals surface area contributed by atoms with Crippen molar-refractivity contribution in [3.63, 3.8) is 0 Å². The molecule has 1 atom stereocenters. The summed E-state index contributed by atoms with van der Waals surface area (Å²) in [6.07, 6.45) is -0.505. The predicted octanol–water partition coefficient (Wildman–Crippen LogP) is 4.42. The Kier molecular flexibility index (Phi) is 4.63. The molecular formula is C16H16ClFO2. The molecule has 0 aliphatic heterocycles.